The lowest BCUT2D eigenvalue weighted by molar-refractivity contribution is -0.114. The molecule has 0 aliphatic carbocycles. The van der Waals surface area contributed by atoms with Gasteiger partial charge in [0, 0.05) is 17.5 Å². The summed E-state index contributed by atoms with van der Waals surface area (Å²) in [6.45, 7) is 2.19. The Labute approximate surface area is 179 Å². The lowest BCUT2D eigenvalue weighted by Crippen LogP contribution is -2.48. The summed E-state index contributed by atoms with van der Waals surface area (Å²) < 4.78 is 37.9. The Balaban J connectivity index is 2.23. The number of hydrogen-bond donors (Lipinski definition) is 1. The zero-order chi connectivity index (χ0) is 22.9. The molecule has 0 bridgehead atoms. The van der Waals surface area contributed by atoms with Crippen molar-refractivity contribution in [2.45, 2.75) is 31.5 Å². The molecule has 1 aliphatic heterocycles. The standard InChI is InChI=1S/C22H20FN3O4S/c1-13-20(14(2)27)21(18-8-7-16(12-24)10-19(18)31(3,29)30)25-22(28)26(13)17-6-4-5-15(9-17)11-23/h4-10,21H,11H2,1-3H3,(H,25,28). The second kappa shape index (κ2) is 8.32. The third-order valence-corrected chi connectivity index (χ3v) is 6.19. The molecule has 9 heteroatoms. The fourth-order valence-corrected chi connectivity index (χ4v) is 4.64. The number of halogens is 1. The molecule has 0 saturated heterocycles. The van der Waals surface area contributed by atoms with Crippen molar-refractivity contribution in [1.82, 2.24) is 5.32 Å². The number of sulfone groups is 1. The number of alkyl halides is 1. The Morgan fingerprint density at radius 3 is 2.55 bits per heavy atom. The van der Waals surface area contributed by atoms with Crippen LogP contribution in [0.5, 0.6) is 0 Å². The van der Waals surface area contributed by atoms with Crippen molar-refractivity contribution in [2.24, 2.45) is 0 Å². The van der Waals surface area contributed by atoms with Gasteiger partial charge in [-0.1, -0.05) is 18.2 Å². The maximum atomic E-state index is 13.1. The number of rotatable bonds is 5. The summed E-state index contributed by atoms with van der Waals surface area (Å²) in [5, 5.41) is 11.8. The second-order valence-corrected chi connectivity index (χ2v) is 9.20. The van der Waals surface area contributed by atoms with Crippen LogP contribution in [0.25, 0.3) is 0 Å². The molecular weight excluding hydrogens is 421 g/mol. The lowest BCUT2D eigenvalue weighted by Gasteiger charge is -2.36. The maximum absolute atomic E-state index is 13.1. The van der Waals surface area contributed by atoms with E-state index in [4.69, 9.17) is 5.26 Å². The van der Waals surface area contributed by atoms with Crippen LogP contribution in [0.1, 0.15) is 36.6 Å². The Bertz CT molecular complexity index is 1260. The van der Waals surface area contributed by atoms with E-state index < -0.39 is 28.6 Å². The van der Waals surface area contributed by atoms with Crippen LogP contribution in [0, 0.1) is 11.3 Å². The zero-order valence-electron chi connectivity index (χ0n) is 17.1. The van der Waals surface area contributed by atoms with Gasteiger partial charge in [-0.3, -0.25) is 9.69 Å². The summed E-state index contributed by atoms with van der Waals surface area (Å²) in [5.41, 5.74) is 1.58. The first-order valence-corrected chi connectivity index (χ1v) is 11.2. The summed E-state index contributed by atoms with van der Waals surface area (Å²) in [7, 11) is -3.77. The normalized spacial score (nSPS) is 16.7. The predicted molar refractivity (Wildman–Crippen MR) is 113 cm³/mol. The molecule has 1 heterocycles. The van der Waals surface area contributed by atoms with Crippen molar-refractivity contribution in [2.75, 3.05) is 11.2 Å². The first-order valence-electron chi connectivity index (χ1n) is 9.29. The number of nitrogens with zero attached hydrogens (tertiary/aromatic N) is 2. The van der Waals surface area contributed by atoms with E-state index in [1.165, 1.54) is 36.1 Å². The monoisotopic (exact) mass is 441 g/mol. The largest absolute Gasteiger partial charge is 0.326 e. The molecule has 0 aromatic heterocycles. The highest BCUT2D eigenvalue weighted by molar-refractivity contribution is 7.90. The van der Waals surface area contributed by atoms with Gasteiger partial charge in [0.1, 0.15) is 6.67 Å². The Morgan fingerprint density at radius 2 is 1.97 bits per heavy atom. The SMILES string of the molecule is CC(=O)C1=C(C)N(c2cccc(CF)c2)C(=O)NC1c1ccc(C#N)cc1S(C)(=O)=O. The molecule has 0 saturated carbocycles. The fourth-order valence-electron chi connectivity index (χ4n) is 3.69. The molecule has 160 valence electrons. The molecule has 7 nitrogen and oxygen atoms in total. The summed E-state index contributed by atoms with van der Waals surface area (Å²) >= 11 is 0. The van der Waals surface area contributed by atoms with E-state index in [0.29, 0.717) is 16.9 Å². The Morgan fingerprint density at radius 1 is 1.26 bits per heavy atom. The minimum absolute atomic E-state index is 0.140. The lowest BCUT2D eigenvalue weighted by atomic mass is 9.91. The summed E-state index contributed by atoms with van der Waals surface area (Å²) in [4.78, 5) is 26.7. The van der Waals surface area contributed by atoms with Gasteiger partial charge in [0.25, 0.3) is 0 Å². The van der Waals surface area contributed by atoms with E-state index in [1.807, 2.05) is 6.07 Å². The van der Waals surface area contributed by atoms with Crippen LogP contribution in [-0.2, 0) is 21.3 Å². The number of urea groups is 1. The number of carbonyl (C=O) groups excluding carboxylic acids is 2. The minimum Gasteiger partial charge on any atom is -0.326 e. The number of nitriles is 1. The Hall–Kier alpha value is -3.51. The predicted octanol–water partition coefficient (Wildman–Crippen LogP) is 3.57. The molecule has 1 N–H and O–H groups in total. The van der Waals surface area contributed by atoms with E-state index in [2.05, 4.69) is 5.32 Å². The van der Waals surface area contributed by atoms with Crippen LogP contribution in [0.2, 0.25) is 0 Å². The third kappa shape index (κ3) is 4.20. The van der Waals surface area contributed by atoms with Crippen molar-refractivity contribution >= 4 is 27.3 Å². The van der Waals surface area contributed by atoms with Gasteiger partial charge in [0.15, 0.2) is 15.6 Å². The molecule has 0 spiro atoms. The molecular formula is C22H20FN3O4S. The van der Waals surface area contributed by atoms with Crippen molar-refractivity contribution in [1.29, 1.82) is 5.26 Å². The number of amides is 2. The van der Waals surface area contributed by atoms with E-state index >= 15 is 0 Å². The Kier molecular flexibility index (Phi) is 5.95. The van der Waals surface area contributed by atoms with Crippen LogP contribution in [0.3, 0.4) is 0 Å². The highest BCUT2D eigenvalue weighted by Crippen LogP contribution is 2.36. The van der Waals surface area contributed by atoms with Crippen molar-refractivity contribution in [3.05, 3.63) is 70.4 Å². The molecule has 0 radical (unpaired) electrons. The molecule has 0 fully saturated rings. The fraction of sp³-hybridized carbons (Fsp3) is 0.227. The number of benzene rings is 2. The minimum atomic E-state index is -3.77. The highest BCUT2D eigenvalue weighted by atomic mass is 32.2. The number of hydrogen-bond acceptors (Lipinski definition) is 5. The highest BCUT2D eigenvalue weighted by Gasteiger charge is 2.37. The molecule has 2 aromatic rings. The topological polar surface area (TPSA) is 107 Å². The molecule has 31 heavy (non-hydrogen) atoms. The van der Waals surface area contributed by atoms with Crippen LogP contribution in [0.4, 0.5) is 14.9 Å². The van der Waals surface area contributed by atoms with Crippen molar-refractivity contribution in [3.63, 3.8) is 0 Å². The van der Waals surface area contributed by atoms with Crippen LogP contribution >= 0.6 is 0 Å². The van der Waals surface area contributed by atoms with Crippen LogP contribution in [0.15, 0.2) is 58.6 Å². The molecule has 2 aromatic carbocycles. The van der Waals surface area contributed by atoms with Gasteiger partial charge >= 0.3 is 6.03 Å². The second-order valence-electron chi connectivity index (χ2n) is 7.21. The zero-order valence-corrected chi connectivity index (χ0v) is 18.0. The van der Waals surface area contributed by atoms with Crippen molar-refractivity contribution < 1.29 is 22.4 Å². The molecule has 1 aliphatic rings. The number of Topliss-reactive ketones (excluding diaryl/α,β-unsaturated/α-hetero) is 1. The first kappa shape index (κ1) is 22.2. The van der Waals surface area contributed by atoms with Crippen LogP contribution in [-0.4, -0.2) is 26.5 Å². The van der Waals surface area contributed by atoms with E-state index in [9.17, 15) is 22.4 Å². The first-order chi connectivity index (χ1) is 14.6. The average Bonchev–Trinajstić information content (AvgIpc) is 2.72. The van der Waals surface area contributed by atoms with Crippen LogP contribution < -0.4 is 10.2 Å². The average molecular weight is 441 g/mol. The van der Waals surface area contributed by atoms with Gasteiger partial charge in [0.05, 0.1) is 28.3 Å². The third-order valence-electron chi connectivity index (χ3n) is 5.04. The summed E-state index contributed by atoms with van der Waals surface area (Å²) in [5.74, 6) is -0.363. The van der Waals surface area contributed by atoms with E-state index in [1.54, 1.807) is 25.1 Å². The van der Waals surface area contributed by atoms with Gasteiger partial charge in [-0.15, -0.1) is 0 Å². The summed E-state index contributed by atoms with van der Waals surface area (Å²) in [6, 6.07) is 10.7. The molecule has 3 rings (SSSR count). The molecule has 2 amide bonds. The van der Waals surface area contributed by atoms with Gasteiger partial charge in [0.2, 0.25) is 0 Å². The van der Waals surface area contributed by atoms with Gasteiger partial charge in [-0.05, 0) is 49.2 Å². The quantitative estimate of drug-likeness (QED) is 0.763. The number of allylic oxidation sites excluding steroid dienone is 1. The number of nitrogens with one attached hydrogen (secondary N) is 1. The van der Waals surface area contributed by atoms with Crippen molar-refractivity contribution in [3.8, 4) is 6.07 Å². The van der Waals surface area contributed by atoms with E-state index in [-0.39, 0.29) is 27.4 Å². The number of anilines is 1. The number of ketones is 1. The van der Waals surface area contributed by atoms with Gasteiger partial charge < -0.3 is 5.32 Å². The number of carbonyl (C=O) groups is 2. The smallest absolute Gasteiger partial charge is 0.326 e. The van der Waals surface area contributed by atoms with E-state index in [0.717, 1.165) is 6.26 Å². The molecule has 1 unspecified atom stereocenters. The van der Waals surface area contributed by atoms with Gasteiger partial charge in [-0.25, -0.2) is 17.6 Å². The summed E-state index contributed by atoms with van der Waals surface area (Å²) in [6.07, 6.45) is 0.996. The maximum Gasteiger partial charge on any atom is 0.326 e. The molecule has 1 atom stereocenters. The van der Waals surface area contributed by atoms with Gasteiger partial charge in [-0.2, -0.15) is 5.26 Å².